The summed E-state index contributed by atoms with van der Waals surface area (Å²) in [6, 6.07) is 1.26. The molecule has 144 valence electrons. The van der Waals surface area contributed by atoms with E-state index in [1.165, 1.54) is 22.9 Å². The minimum atomic E-state index is -1.15. The number of imidazole rings is 1. The van der Waals surface area contributed by atoms with Crippen molar-refractivity contribution in [2.24, 2.45) is 0 Å². The van der Waals surface area contributed by atoms with Crippen molar-refractivity contribution >= 4 is 23.5 Å². The number of carbonyl (C=O) groups is 2. The second-order valence-electron chi connectivity index (χ2n) is 6.31. The molecule has 0 radical (unpaired) electrons. The van der Waals surface area contributed by atoms with Crippen LogP contribution in [0.5, 0.6) is 0 Å². The van der Waals surface area contributed by atoms with Crippen molar-refractivity contribution in [2.75, 3.05) is 13.6 Å². The second-order valence-corrected chi connectivity index (χ2v) is 6.69. The maximum absolute atomic E-state index is 13.5. The summed E-state index contributed by atoms with van der Waals surface area (Å²) in [6.45, 7) is 2.26. The highest BCUT2D eigenvalue weighted by Crippen LogP contribution is 2.23. The Balaban J connectivity index is 1.64. The van der Waals surface area contributed by atoms with Crippen LogP contribution in [0, 0.1) is 18.6 Å². The van der Waals surface area contributed by atoms with Crippen LogP contribution in [0.25, 0.3) is 0 Å². The van der Waals surface area contributed by atoms with Gasteiger partial charge in [-0.1, -0.05) is 17.7 Å². The number of aryl methyl sites for hydroxylation is 1. The van der Waals surface area contributed by atoms with Crippen LogP contribution in [0.15, 0.2) is 18.5 Å². The fourth-order valence-electron chi connectivity index (χ4n) is 2.90. The molecule has 1 aromatic heterocycles. The lowest BCUT2D eigenvalue weighted by atomic mass is 10.2. The number of urea groups is 1. The first-order chi connectivity index (χ1) is 12.8. The second kappa shape index (κ2) is 7.51. The van der Waals surface area contributed by atoms with Crippen molar-refractivity contribution in [3.05, 3.63) is 52.1 Å². The van der Waals surface area contributed by atoms with Gasteiger partial charge in [-0.15, -0.1) is 0 Å². The lowest BCUT2D eigenvalue weighted by Crippen LogP contribution is -2.43. The van der Waals surface area contributed by atoms with Gasteiger partial charge in [-0.05, 0) is 18.6 Å². The Morgan fingerprint density at radius 2 is 2.19 bits per heavy atom. The Kier molecular flexibility index (Phi) is 5.31. The van der Waals surface area contributed by atoms with E-state index in [-0.39, 0.29) is 29.7 Å². The molecule has 1 saturated heterocycles. The van der Waals surface area contributed by atoms with E-state index in [1.807, 2.05) is 6.92 Å². The summed E-state index contributed by atoms with van der Waals surface area (Å²) < 4.78 is 26.6. The first-order valence-electron chi connectivity index (χ1n) is 8.20. The van der Waals surface area contributed by atoms with Gasteiger partial charge in [-0.2, -0.15) is 0 Å². The number of nitrogens with zero attached hydrogens (tertiary/aromatic N) is 3. The van der Waals surface area contributed by atoms with Gasteiger partial charge >= 0.3 is 6.03 Å². The molecule has 1 aliphatic rings. The van der Waals surface area contributed by atoms with Crippen molar-refractivity contribution in [1.82, 2.24) is 25.1 Å². The molecule has 1 aromatic carbocycles. The number of carbonyl (C=O) groups excluding carboxylic acids is 2. The molecule has 10 heteroatoms. The van der Waals surface area contributed by atoms with Crippen molar-refractivity contribution in [3.8, 4) is 0 Å². The van der Waals surface area contributed by atoms with E-state index in [0.29, 0.717) is 6.54 Å². The Labute approximate surface area is 159 Å². The van der Waals surface area contributed by atoms with Crippen LogP contribution in [0.3, 0.4) is 0 Å². The average molecular weight is 398 g/mol. The molecule has 2 N–H and O–H groups in total. The van der Waals surface area contributed by atoms with Gasteiger partial charge in [0.25, 0.3) is 0 Å². The molecular formula is C17H18ClF2N5O2. The highest BCUT2D eigenvalue weighted by atomic mass is 35.5. The number of aromatic nitrogens is 2. The Morgan fingerprint density at radius 1 is 1.44 bits per heavy atom. The molecule has 1 atom stereocenters. The van der Waals surface area contributed by atoms with Crippen molar-refractivity contribution in [1.29, 1.82) is 0 Å². The summed E-state index contributed by atoms with van der Waals surface area (Å²) in [7, 11) is 1.54. The van der Waals surface area contributed by atoms with Crippen LogP contribution in [0.1, 0.15) is 17.0 Å². The minimum absolute atomic E-state index is 0.0763. The molecule has 1 aliphatic heterocycles. The van der Waals surface area contributed by atoms with Crippen LogP contribution >= 0.6 is 11.6 Å². The zero-order valence-corrected chi connectivity index (χ0v) is 15.5. The van der Waals surface area contributed by atoms with E-state index in [0.717, 1.165) is 17.5 Å². The highest BCUT2D eigenvalue weighted by Gasteiger charge is 2.39. The summed E-state index contributed by atoms with van der Waals surface area (Å²) in [5.41, 5.74) is 1.83. The largest absolute Gasteiger partial charge is 0.350 e. The number of benzene rings is 1. The predicted molar refractivity (Wildman–Crippen MR) is 93.9 cm³/mol. The third kappa shape index (κ3) is 3.73. The molecule has 3 amide bonds. The maximum atomic E-state index is 13.5. The van der Waals surface area contributed by atoms with E-state index in [1.54, 1.807) is 6.33 Å². The lowest BCUT2D eigenvalue weighted by Gasteiger charge is -2.17. The number of H-pyrrole nitrogens is 1. The van der Waals surface area contributed by atoms with Gasteiger partial charge in [0, 0.05) is 13.6 Å². The number of aromatic amines is 1. The molecule has 27 heavy (non-hydrogen) atoms. The maximum Gasteiger partial charge on any atom is 0.320 e. The SMILES string of the molecule is Cc1nc[nH]c1CN1CC(C(=O)NCc2ccc(F)c(F)c2Cl)N(C)C1=O. The monoisotopic (exact) mass is 397 g/mol. The number of hydrogen-bond donors (Lipinski definition) is 2. The number of rotatable bonds is 5. The summed E-state index contributed by atoms with van der Waals surface area (Å²) >= 11 is 5.76. The average Bonchev–Trinajstić information content (AvgIpc) is 3.17. The van der Waals surface area contributed by atoms with Crippen LogP contribution in [0.2, 0.25) is 5.02 Å². The van der Waals surface area contributed by atoms with Gasteiger partial charge in [-0.25, -0.2) is 18.6 Å². The number of hydrogen-bond acceptors (Lipinski definition) is 3. The van der Waals surface area contributed by atoms with Crippen LogP contribution in [-0.4, -0.2) is 51.3 Å². The van der Waals surface area contributed by atoms with Gasteiger partial charge in [-0.3, -0.25) is 4.79 Å². The molecular weight excluding hydrogens is 380 g/mol. The van der Waals surface area contributed by atoms with E-state index in [9.17, 15) is 18.4 Å². The van der Waals surface area contributed by atoms with Crippen LogP contribution in [-0.2, 0) is 17.9 Å². The quantitative estimate of drug-likeness (QED) is 0.759. The fraction of sp³-hybridized carbons (Fsp3) is 0.353. The van der Waals surface area contributed by atoms with Gasteiger partial charge in [0.15, 0.2) is 11.6 Å². The minimum Gasteiger partial charge on any atom is -0.350 e. The van der Waals surface area contributed by atoms with Crippen molar-refractivity contribution in [2.45, 2.75) is 26.1 Å². The molecule has 3 rings (SSSR count). The summed E-state index contributed by atoms with van der Waals surface area (Å²) in [5, 5.41) is 2.24. The summed E-state index contributed by atoms with van der Waals surface area (Å²) in [6.07, 6.45) is 1.55. The zero-order valence-electron chi connectivity index (χ0n) is 14.7. The fourth-order valence-corrected chi connectivity index (χ4v) is 3.12. The van der Waals surface area contributed by atoms with Crippen LogP contribution in [0.4, 0.5) is 13.6 Å². The zero-order chi connectivity index (χ0) is 19.7. The molecule has 2 aromatic rings. The normalized spacial score (nSPS) is 16.9. The van der Waals surface area contributed by atoms with E-state index in [2.05, 4.69) is 15.3 Å². The first kappa shape index (κ1) is 19.1. The number of nitrogens with one attached hydrogen (secondary N) is 2. The Bertz CT molecular complexity index is 888. The molecule has 0 bridgehead atoms. The summed E-state index contributed by atoms with van der Waals surface area (Å²) in [4.78, 5) is 34.8. The molecule has 1 fully saturated rings. The lowest BCUT2D eigenvalue weighted by molar-refractivity contribution is -0.124. The van der Waals surface area contributed by atoms with Gasteiger partial charge in [0.1, 0.15) is 6.04 Å². The molecule has 1 unspecified atom stereocenters. The Morgan fingerprint density at radius 3 is 2.85 bits per heavy atom. The van der Waals surface area contributed by atoms with E-state index < -0.39 is 23.6 Å². The number of amides is 3. The molecule has 0 aliphatic carbocycles. The van der Waals surface area contributed by atoms with Crippen LogP contribution < -0.4 is 5.32 Å². The van der Waals surface area contributed by atoms with Gasteiger partial charge in [0.2, 0.25) is 5.91 Å². The van der Waals surface area contributed by atoms with Gasteiger partial charge in [0.05, 0.1) is 35.8 Å². The number of halogens is 3. The smallest absolute Gasteiger partial charge is 0.320 e. The van der Waals surface area contributed by atoms with Crippen molar-refractivity contribution < 1.29 is 18.4 Å². The van der Waals surface area contributed by atoms with Gasteiger partial charge < -0.3 is 20.1 Å². The summed E-state index contributed by atoms with van der Waals surface area (Å²) in [5.74, 6) is -2.62. The highest BCUT2D eigenvalue weighted by molar-refractivity contribution is 6.31. The molecule has 0 saturated carbocycles. The molecule has 2 heterocycles. The van der Waals surface area contributed by atoms with Crippen molar-refractivity contribution in [3.63, 3.8) is 0 Å². The van der Waals surface area contributed by atoms with E-state index in [4.69, 9.17) is 11.6 Å². The Hall–Kier alpha value is -2.68. The predicted octanol–water partition coefficient (Wildman–Crippen LogP) is 2.20. The molecule has 0 spiro atoms. The topological polar surface area (TPSA) is 81.3 Å². The molecule has 7 nitrogen and oxygen atoms in total. The third-order valence-corrected chi connectivity index (χ3v) is 5.00. The van der Waals surface area contributed by atoms with E-state index >= 15 is 0 Å². The number of likely N-dealkylation sites (N-methyl/N-ethyl adjacent to an activating group) is 1. The third-order valence-electron chi connectivity index (χ3n) is 4.59. The first-order valence-corrected chi connectivity index (χ1v) is 8.58. The standard InChI is InChI=1S/C17H18ClF2N5O2/c1-9-12(23-8-22-9)6-25-7-13(24(2)17(25)27)16(26)21-5-10-3-4-11(19)15(20)14(10)18/h3-4,8,13H,5-7H2,1-2H3,(H,21,26)(H,22,23).